The van der Waals surface area contributed by atoms with Crippen LogP contribution in [0.25, 0.3) is 0 Å². The van der Waals surface area contributed by atoms with Crippen LogP contribution in [0.5, 0.6) is 0 Å². The van der Waals surface area contributed by atoms with Crippen molar-refractivity contribution in [2.75, 3.05) is 14.2 Å². The van der Waals surface area contributed by atoms with E-state index in [1.807, 2.05) is 30.3 Å². The number of halogens is 1. The van der Waals surface area contributed by atoms with Gasteiger partial charge in [0.25, 0.3) is 0 Å². The first kappa shape index (κ1) is 18.4. The van der Waals surface area contributed by atoms with E-state index >= 15 is 0 Å². The molecule has 1 aliphatic rings. The van der Waals surface area contributed by atoms with Crippen LogP contribution in [-0.4, -0.2) is 26.2 Å². The fraction of sp³-hybridized carbons (Fsp3) is 0.300. The number of carbonyl (C=O) groups is 2. The average molecular weight is 375 g/mol. The van der Waals surface area contributed by atoms with Gasteiger partial charge in [0, 0.05) is 11.4 Å². The van der Waals surface area contributed by atoms with Gasteiger partial charge in [0.05, 0.1) is 20.3 Å². The lowest BCUT2D eigenvalue weighted by Gasteiger charge is -2.28. The minimum Gasteiger partial charge on any atom is -0.468 e. The van der Waals surface area contributed by atoms with E-state index in [0.717, 1.165) is 5.56 Å². The topological polar surface area (TPSA) is 61.8 Å². The Labute approximate surface area is 156 Å². The van der Waals surface area contributed by atoms with Gasteiger partial charge < -0.3 is 14.2 Å². The Morgan fingerprint density at radius 2 is 1.54 bits per heavy atom. The molecule has 2 atom stereocenters. The predicted molar refractivity (Wildman–Crippen MR) is 95.5 cm³/mol. The van der Waals surface area contributed by atoms with Crippen LogP contribution in [0.15, 0.2) is 54.6 Å². The van der Waals surface area contributed by atoms with E-state index in [0.29, 0.717) is 10.6 Å². The molecule has 0 radical (unpaired) electrons. The summed E-state index contributed by atoms with van der Waals surface area (Å²) in [6.45, 7) is 0. The minimum atomic E-state index is -1.59. The maximum Gasteiger partial charge on any atom is 0.326 e. The van der Waals surface area contributed by atoms with Crippen LogP contribution in [0.2, 0.25) is 5.02 Å². The third-order valence-corrected chi connectivity index (χ3v) is 4.95. The number of methoxy groups -OCH3 is 2. The maximum atomic E-state index is 12.7. The molecule has 0 unspecified atom stereocenters. The van der Waals surface area contributed by atoms with Gasteiger partial charge in [-0.25, -0.2) is 0 Å². The molecule has 0 aliphatic carbocycles. The molecule has 3 rings (SSSR count). The van der Waals surface area contributed by atoms with E-state index in [1.54, 1.807) is 24.3 Å². The summed E-state index contributed by atoms with van der Waals surface area (Å²) in [6.07, 6.45) is -1.16. The van der Waals surface area contributed by atoms with E-state index in [2.05, 4.69) is 0 Å². The van der Waals surface area contributed by atoms with Crippen molar-refractivity contribution in [1.29, 1.82) is 0 Å². The number of hydrogen-bond acceptors (Lipinski definition) is 5. The number of carbonyl (C=O) groups excluding carboxylic acids is 2. The number of hydrogen-bond donors (Lipinski definition) is 0. The number of rotatable bonds is 4. The van der Waals surface area contributed by atoms with Gasteiger partial charge in [0.1, 0.15) is 6.10 Å². The van der Waals surface area contributed by atoms with Gasteiger partial charge in [0.15, 0.2) is 5.41 Å². The van der Waals surface area contributed by atoms with Gasteiger partial charge in [-0.1, -0.05) is 54.1 Å². The summed E-state index contributed by atoms with van der Waals surface area (Å²) in [6, 6.07) is 16.3. The summed E-state index contributed by atoms with van der Waals surface area (Å²) < 4.78 is 16.1. The summed E-state index contributed by atoms with van der Waals surface area (Å²) in [5, 5.41) is 0.549. The monoisotopic (exact) mass is 374 g/mol. The van der Waals surface area contributed by atoms with Gasteiger partial charge in [-0.15, -0.1) is 0 Å². The molecule has 2 aromatic carbocycles. The lowest BCUT2D eigenvalue weighted by Crippen LogP contribution is -2.43. The van der Waals surface area contributed by atoms with Crippen molar-refractivity contribution < 1.29 is 23.8 Å². The molecule has 1 saturated heterocycles. The van der Waals surface area contributed by atoms with Gasteiger partial charge in [-0.05, 0) is 23.3 Å². The van der Waals surface area contributed by atoms with Crippen LogP contribution < -0.4 is 0 Å². The van der Waals surface area contributed by atoms with Crippen LogP contribution in [0.1, 0.15) is 29.8 Å². The molecule has 1 aliphatic heterocycles. The Balaban J connectivity index is 2.11. The second-order valence-corrected chi connectivity index (χ2v) is 6.56. The molecular weight excluding hydrogens is 356 g/mol. The minimum absolute atomic E-state index is 0.129. The highest BCUT2D eigenvalue weighted by atomic mass is 35.5. The lowest BCUT2D eigenvalue weighted by molar-refractivity contribution is -0.173. The van der Waals surface area contributed by atoms with E-state index < -0.39 is 29.6 Å². The number of benzene rings is 2. The molecule has 0 bridgehead atoms. The molecule has 0 amide bonds. The molecule has 6 heteroatoms. The summed E-state index contributed by atoms with van der Waals surface area (Å²) in [5.41, 5.74) is -0.0533. The highest BCUT2D eigenvalue weighted by Gasteiger charge is 2.62. The normalized spacial score (nSPS) is 21.2. The van der Waals surface area contributed by atoms with Crippen molar-refractivity contribution in [3.8, 4) is 0 Å². The van der Waals surface area contributed by atoms with Crippen LogP contribution in [0.4, 0.5) is 0 Å². The Bertz CT molecular complexity index is 772. The van der Waals surface area contributed by atoms with Crippen molar-refractivity contribution in [1.82, 2.24) is 0 Å². The third kappa shape index (κ3) is 3.08. The van der Waals surface area contributed by atoms with Gasteiger partial charge in [-0.2, -0.15) is 0 Å². The summed E-state index contributed by atoms with van der Waals surface area (Å²) in [5.74, 6) is -1.36. The Morgan fingerprint density at radius 3 is 2.08 bits per heavy atom. The molecule has 26 heavy (non-hydrogen) atoms. The zero-order chi connectivity index (χ0) is 18.7. The number of esters is 2. The van der Waals surface area contributed by atoms with Crippen molar-refractivity contribution in [2.24, 2.45) is 5.41 Å². The smallest absolute Gasteiger partial charge is 0.326 e. The Hall–Kier alpha value is -2.37. The van der Waals surface area contributed by atoms with Crippen LogP contribution in [-0.2, 0) is 23.8 Å². The first-order valence-electron chi connectivity index (χ1n) is 8.15. The maximum absolute atomic E-state index is 12.7. The highest BCUT2D eigenvalue weighted by Crippen LogP contribution is 2.54. The molecule has 0 aromatic heterocycles. The second-order valence-electron chi connectivity index (χ2n) is 6.13. The standard InChI is InChI=1S/C20H19ClO5/c1-24-18(22)20(19(23)25-2)12-16(13-6-4-3-5-7-13)26-17(20)14-8-10-15(21)11-9-14/h3-11,16-17H,12H2,1-2H3/t16-,17-/m1/s1. The molecular formula is C20H19ClO5. The second kappa shape index (κ2) is 7.48. The molecule has 5 nitrogen and oxygen atoms in total. The Morgan fingerprint density at radius 1 is 0.962 bits per heavy atom. The zero-order valence-corrected chi connectivity index (χ0v) is 15.2. The molecule has 0 N–H and O–H groups in total. The Kier molecular flexibility index (Phi) is 5.30. The highest BCUT2D eigenvalue weighted by molar-refractivity contribution is 6.30. The molecule has 2 aromatic rings. The summed E-state index contributed by atoms with van der Waals surface area (Å²) >= 11 is 5.97. The van der Waals surface area contributed by atoms with Crippen molar-refractivity contribution >= 4 is 23.5 Å². The van der Waals surface area contributed by atoms with Crippen molar-refractivity contribution in [3.05, 3.63) is 70.7 Å². The molecule has 0 saturated carbocycles. The fourth-order valence-corrected chi connectivity index (χ4v) is 3.55. The van der Waals surface area contributed by atoms with Crippen LogP contribution >= 0.6 is 11.6 Å². The van der Waals surface area contributed by atoms with Crippen molar-refractivity contribution in [2.45, 2.75) is 18.6 Å². The fourth-order valence-electron chi connectivity index (χ4n) is 3.42. The van der Waals surface area contributed by atoms with Crippen LogP contribution in [0.3, 0.4) is 0 Å². The van der Waals surface area contributed by atoms with E-state index in [4.69, 9.17) is 25.8 Å². The van der Waals surface area contributed by atoms with E-state index in [-0.39, 0.29) is 6.42 Å². The summed E-state index contributed by atoms with van der Waals surface area (Å²) in [4.78, 5) is 25.5. The van der Waals surface area contributed by atoms with Crippen LogP contribution in [0, 0.1) is 5.41 Å². The van der Waals surface area contributed by atoms with E-state index in [9.17, 15) is 9.59 Å². The van der Waals surface area contributed by atoms with Gasteiger partial charge in [-0.3, -0.25) is 9.59 Å². The first-order chi connectivity index (χ1) is 12.5. The largest absolute Gasteiger partial charge is 0.468 e. The third-order valence-electron chi connectivity index (χ3n) is 4.70. The molecule has 1 heterocycles. The zero-order valence-electron chi connectivity index (χ0n) is 14.5. The van der Waals surface area contributed by atoms with Crippen molar-refractivity contribution in [3.63, 3.8) is 0 Å². The first-order valence-corrected chi connectivity index (χ1v) is 8.53. The molecule has 0 spiro atoms. The predicted octanol–water partition coefficient (Wildman–Crippen LogP) is 3.88. The van der Waals surface area contributed by atoms with Gasteiger partial charge >= 0.3 is 11.9 Å². The summed E-state index contributed by atoms with van der Waals surface area (Å²) in [7, 11) is 2.50. The van der Waals surface area contributed by atoms with E-state index in [1.165, 1.54) is 14.2 Å². The number of ether oxygens (including phenoxy) is 3. The average Bonchev–Trinajstić information content (AvgIpc) is 3.10. The molecule has 1 fully saturated rings. The molecule has 136 valence electrons. The quantitative estimate of drug-likeness (QED) is 0.600. The lowest BCUT2D eigenvalue weighted by atomic mass is 9.76. The van der Waals surface area contributed by atoms with Gasteiger partial charge in [0.2, 0.25) is 0 Å². The SMILES string of the molecule is COC(=O)C1(C(=O)OC)C[C@H](c2ccccc2)O[C@@H]1c1ccc(Cl)cc1.